The van der Waals surface area contributed by atoms with Crippen molar-refractivity contribution in [1.29, 1.82) is 0 Å². The molecule has 3 atom stereocenters. The molecule has 2 aliphatic heterocycles. The van der Waals surface area contributed by atoms with Gasteiger partial charge in [0.25, 0.3) is 0 Å². The summed E-state index contributed by atoms with van der Waals surface area (Å²) in [5.41, 5.74) is 9.11. The monoisotopic (exact) mass is 357 g/mol. The Morgan fingerprint density at radius 3 is 3.00 bits per heavy atom. The third-order valence-electron chi connectivity index (χ3n) is 6.09. The third-order valence-corrected chi connectivity index (χ3v) is 6.09. The predicted molar refractivity (Wildman–Crippen MR) is 102 cm³/mol. The van der Waals surface area contributed by atoms with E-state index in [0.29, 0.717) is 31.0 Å². The molecule has 1 saturated heterocycles. The van der Waals surface area contributed by atoms with Crippen LogP contribution >= 0.6 is 0 Å². The van der Waals surface area contributed by atoms with Gasteiger partial charge < -0.3 is 10.1 Å². The third kappa shape index (κ3) is 3.89. The lowest BCUT2D eigenvalue weighted by atomic mass is 9.80. The van der Waals surface area contributed by atoms with Crippen molar-refractivity contribution in [2.24, 2.45) is 5.92 Å². The molecule has 5 nitrogen and oxygen atoms in total. The number of carbonyl (C=O) groups excluding carboxylic acids is 1. The summed E-state index contributed by atoms with van der Waals surface area (Å²) in [5, 5.41) is 3.08. The van der Waals surface area contributed by atoms with E-state index in [1.54, 1.807) is 0 Å². The molecule has 142 valence electrons. The van der Waals surface area contributed by atoms with Gasteiger partial charge in [0.2, 0.25) is 5.91 Å². The van der Waals surface area contributed by atoms with Crippen LogP contribution < -0.4 is 20.9 Å². The highest BCUT2D eigenvalue weighted by Crippen LogP contribution is 2.35. The molecule has 26 heavy (non-hydrogen) atoms. The molecule has 1 aromatic carbocycles. The zero-order chi connectivity index (χ0) is 18.1. The Hall–Kier alpha value is -1.59. The van der Waals surface area contributed by atoms with Crippen LogP contribution in [0.4, 0.5) is 0 Å². The largest absolute Gasteiger partial charge is 0.487 e. The van der Waals surface area contributed by atoms with E-state index in [1.807, 2.05) is 6.07 Å². The second-order valence-corrected chi connectivity index (χ2v) is 8.75. The molecule has 0 radical (unpaired) electrons. The first-order valence-corrected chi connectivity index (χ1v) is 10.1. The minimum atomic E-state index is -0.122. The fourth-order valence-electron chi connectivity index (χ4n) is 4.78. The van der Waals surface area contributed by atoms with Crippen molar-refractivity contribution in [2.75, 3.05) is 0 Å². The molecule has 1 aliphatic carbocycles. The van der Waals surface area contributed by atoms with Gasteiger partial charge in [-0.3, -0.25) is 15.6 Å². The van der Waals surface area contributed by atoms with Gasteiger partial charge in [-0.2, -0.15) is 0 Å². The van der Waals surface area contributed by atoms with Gasteiger partial charge in [0.15, 0.2) is 0 Å². The number of nitrogens with one attached hydrogen (secondary N) is 3. The lowest BCUT2D eigenvalue weighted by Crippen LogP contribution is -2.34. The van der Waals surface area contributed by atoms with Crippen LogP contribution in [0.1, 0.15) is 63.5 Å². The van der Waals surface area contributed by atoms with Gasteiger partial charge in [0.05, 0.1) is 0 Å². The molecule has 3 N–H and O–H groups in total. The SMILES string of the molecule is CC1(C)Cc2cc(CNC(=O)CCC3NNC4CCCCC43)ccc2O1. The van der Waals surface area contributed by atoms with Gasteiger partial charge >= 0.3 is 0 Å². The molecule has 1 saturated carbocycles. The molecule has 0 spiro atoms. The predicted octanol–water partition coefficient (Wildman–Crippen LogP) is 2.83. The van der Waals surface area contributed by atoms with Crippen molar-refractivity contribution in [3.63, 3.8) is 0 Å². The summed E-state index contributed by atoms with van der Waals surface area (Å²) in [4.78, 5) is 12.3. The molecule has 4 rings (SSSR count). The topological polar surface area (TPSA) is 62.4 Å². The summed E-state index contributed by atoms with van der Waals surface area (Å²) in [6.07, 6.45) is 7.62. The van der Waals surface area contributed by atoms with E-state index in [-0.39, 0.29) is 11.5 Å². The van der Waals surface area contributed by atoms with Crippen molar-refractivity contribution in [3.05, 3.63) is 29.3 Å². The Bertz CT molecular complexity index is 673. The highest BCUT2D eigenvalue weighted by molar-refractivity contribution is 5.75. The summed E-state index contributed by atoms with van der Waals surface area (Å²) < 4.78 is 5.91. The van der Waals surface area contributed by atoms with Gasteiger partial charge in [-0.15, -0.1) is 0 Å². The molecular formula is C21H31N3O2. The Morgan fingerprint density at radius 2 is 2.12 bits per heavy atom. The van der Waals surface area contributed by atoms with Crippen LogP contribution in [0.2, 0.25) is 0 Å². The van der Waals surface area contributed by atoms with Crippen LogP contribution in [0.15, 0.2) is 18.2 Å². The van der Waals surface area contributed by atoms with Gasteiger partial charge in [-0.1, -0.05) is 25.0 Å². The van der Waals surface area contributed by atoms with Crippen molar-refractivity contribution in [3.8, 4) is 5.75 Å². The maximum absolute atomic E-state index is 12.3. The van der Waals surface area contributed by atoms with Crippen molar-refractivity contribution >= 4 is 5.91 Å². The zero-order valence-electron chi connectivity index (χ0n) is 15.9. The molecule has 3 unspecified atom stereocenters. The van der Waals surface area contributed by atoms with Crippen LogP contribution in [0.5, 0.6) is 5.75 Å². The van der Waals surface area contributed by atoms with Gasteiger partial charge in [-0.25, -0.2) is 0 Å². The Labute approximate surface area is 156 Å². The quantitative estimate of drug-likeness (QED) is 0.758. The van der Waals surface area contributed by atoms with Crippen molar-refractivity contribution in [1.82, 2.24) is 16.2 Å². The second-order valence-electron chi connectivity index (χ2n) is 8.75. The molecule has 2 heterocycles. The highest BCUT2D eigenvalue weighted by atomic mass is 16.5. The zero-order valence-corrected chi connectivity index (χ0v) is 15.9. The van der Waals surface area contributed by atoms with E-state index in [0.717, 1.165) is 24.2 Å². The normalized spacial score (nSPS) is 28.9. The first-order valence-electron chi connectivity index (χ1n) is 10.1. The van der Waals surface area contributed by atoms with Gasteiger partial charge in [0, 0.05) is 31.5 Å². The van der Waals surface area contributed by atoms with Crippen LogP contribution in [-0.4, -0.2) is 23.6 Å². The fourth-order valence-corrected chi connectivity index (χ4v) is 4.78. The lowest BCUT2D eigenvalue weighted by Gasteiger charge is -2.27. The van der Waals surface area contributed by atoms with E-state index in [2.05, 4.69) is 42.1 Å². The van der Waals surface area contributed by atoms with Crippen LogP contribution in [0, 0.1) is 5.92 Å². The minimum absolute atomic E-state index is 0.122. The molecule has 1 aromatic rings. The summed E-state index contributed by atoms with van der Waals surface area (Å²) >= 11 is 0. The summed E-state index contributed by atoms with van der Waals surface area (Å²) in [6, 6.07) is 7.29. The lowest BCUT2D eigenvalue weighted by molar-refractivity contribution is -0.121. The summed E-state index contributed by atoms with van der Waals surface area (Å²) in [6.45, 7) is 4.81. The number of hydrogen-bond donors (Lipinski definition) is 3. The Morgan fingerprint density at radius 1 is 1.27 bits per heavy atom. The number of fused-ring (bicyclic) bond motifs is 2. The van der Waals surface area contributed by atoms with E-state index in [1.165, 1.54) is 31.2 Å². The number of carbonyl (C=O) groups is 1. The first kappa shape index (κ1) is 17.8. The average molecular weight is 357 g/mol. The molecule has 0 aromatic heterocycles. The second kappa shape index (κ2) is 7.20. The van der Waals surface area contributed by atoms with E-state index < -0.39 is 0 Å². The Balaban J connectivity index is 1.24. The molecular weight excluding hydrogens is 326 g/mol. The van der Waals surface area contributed by atoms with Crippen LogP contribution in [0.3, 0.4) is 0 Å². The van der Waals surface area contributed by atoms with E-state index in [4.69, 9.17) is 4.74 Å². The maximum Gasteiger partial charge on any atom is 0.220 e. The fraction of sp³-hybridized carbons (Fsp3) is 0.667. The number of ether oxygens (including phenoxy) is 1. The number of hydrogen-bond acceptors (Lipinski definition) is 4. The number of hydrazine groups is 1. The molecule has 0 bridgehead atoms. The van der Waals surface area contributed by atoms with Crippen molar-refractivity contribution < 1.29 is 9.53 Å². The molecule has 2 fully saturated rings. The molecule has 1 amide bonds. The van der Waals surface area contributed by atoms with Gasteiger partial charge in [-0.05, 0) is 56.2 Å². The van der Waals surface area contributed by atoms with Crippen molar-refractivity contribution in [2.45, 2.75) is 83.0 Å². The highest BCUT2D eigenvalue weighted by Gasteiger charge is 2.36. The van der Waals surface area contributed by atoms with Crippen LogP contribution in [0.25, 0.3) is 0 Å². The number of rotatable bonds is 5. The van der Waals surface area contributed by atoms with Gasteiger partial charge in [0.1, 0.15) is 11.4 Å². The maximum atomic E-state index is 12.3. The Kier molecular flexibility index (Phi) is 4.93. The van der Waals surface area contributed by atoms with Crippen LogP contribution in [-0.2, 0) is 17.8 Å². The number of benzene rings is 1. The minimum Gasteiger partial charge on any atom is -0.487 e. The van der Waals surface area contributed by atoms with E-state index in [9.17, 15) is 4.79 Å². The van der Waals surface area contributed by atoms with E-state index >= 15 is 0 Å². The smallest absolute Gasteiger partial charge is 0.220 e. The number of amides is 1. The standard InChI is InChI=1S/C21H31N3O2/c1-21(2)12-15-11-14(7-9-19(15)26-21)13-22-20(25)10-8-18-16-5-3-4-6-17(16)23-24-18/h7,9,11,16-18,23-24H,3-6,8,10,12-13H2,1-2H3,(H,22,25). The molecule has 3 aliphatic rings. The molecule has 5 heteroatoms. The average Bonchev–Trinajstić information content (AvgIpc) is 3.16. The first-order chi connectivity index (χ1) is 12.5. The summed E-state index contributed by atoms with van der Waals surface area (Å²) in [7, 11) is 0. The summed E-state index contributed by atoms with van der Waals surface area (Å²) in [5.74, 6) is 1.81.